The van der Waals surface area contributed by atoms with Gasteiger partial charge in [-0.1, -0.05) is 23.8 Å². The topological polar surface area (TPSA) is 49.7 Å². The fourth-order valence-electron chi connectivity index (χ4n) is 1.53. The number of carbonyl (C=O) groups excluding carboxylic acids is 1. The number of aliphatic hydroxyl groups excluding tert-OH is 1. The van der Waals surface area contributed by atoms with Crippen LogP contribution in [0, 0.1) is 12.8 Å². The second kappa shape index (κ2) is 3.35. The van der Waals surface area contributed by atoms with Crippen LogP contribution in [0.1, 0.15) is 5.56 Å². The number of carbonyl (C=O) groups is 1. The molecule has 1 aliphatic heterocycles. The predicted octanol–water partition coefficient (Wildman–Crippen LogP) is -0.456. The SMILES string of the molecule is Cc1ccc2c(c1)=CC(CO)C(=O)N=2. The third-order valence-corrected chi connectivity index (χ3v) is 2.31. The molecule has 1 aliphatic rings. The Morgan fingerprint density at radius 2 is 2.29 bits per heavy atom. The van der Waals surface area contributed by atoms with E-state index in [0.717, 1.165) is 10.8 Å². The zero-order valence-corrected chi connectivity index (χ0v) is 7.90. The van der Waals surface area contributed by atoms with Crippen LogP contribution in [0.15, 0.2) is 23.2 Å². The van der Waals surface area contributed by atoms with E-state index in [1.807, 2.05) is 25.1 Å². The highest BCUT2D eigenvalue weighted by Crippen LogP contribution is 2.02. The van der Waals surface area contributed by atoms with Crippen LogP contribution in [-0.2, 0) is 4.79 Å². The summed E-state index contributed by atoms with van der Waals surface area (Å²) in [7, 11) is 0. The highest BCUT2D eigenvalue weighted by atomic mass is 16.3. The van der Waals surface area contributed by atoms with E-state index in [1.54, 1.807) is 6.08 Å². The van der Waals surface area contributed by atoms with E-state index in [-0.39, 0.29) is 12.5 Å². The zero-order valence-electron chi connectivity index (χ0n) is 7.90. The first-order valence-electron chi connectivity index (χ1n) is 4.52. The number of aliphatic hydroxyl groups is 1. The van der Waals surface area contributed by atoms with E-state index in [1.165, 1.54) is 0 Å². The molecule has 1 atom stereocenters. The summed E-state index contributed by atoms with van der Waals surface area (Å²) in [6.45, 7) is 1.81. The van der Waals surface area contributed by atoms with Crippen molar-refractivity contribution in [1.29, 1.82) is 0 Å². The first-order chi connectivity index (χ1) is 6.70. The normalized spacial score (nSPS) is 19.6. The lowest BCUT2D eigenvalue weighted by Gasteiger charge is -2.08. The number of benzene rings is 1. The van der Waals surface area contributed by atoms with E-state index in [4.69, 9.17) is 5.11 Å². The molecule has 1 amide bonds. The maximum absolute atomic E-state index is 11.3. The molecule has 0 bridgehead atoms. The van der Waals surface area contributed by atoms with Crippen LogP contribution >= 0.6 is 0 Å². The van der Waals surface area contributed by atoms with Gasteiger partial charge in [0, 0.05) is 0 Å². The van der Waals surface area contributed by atoms with Crippen LogP contribution in [0.2, 0.25) is 0 Å². The molecule has 72 valence electrons. The minimum atomic E-state index is -0.468. The average molecular weight is 189 g/mol. The zero-order chi connectivity index (χ0) is 10.1. The first kappa shape index (κ1) is 9.09. The second-order valence-electron chi connectivity index (χ2n) is 3.47. The summed E-state index contributed by atoms with van der Waals surface area (Å²) in [4.78, 5) is 15.2. The van der Waals surface area contributed by atoms with Crippen molar-refractivity contribution in [2.45, 2.75) is 6.92 Å². The maximum atomic E-state index is 11.3. The van der Waals surface area contributed by atoms with Gasteiger partial charge in [-0.2, -0.15) is 0 Å². The number of fused-ring (bicyclic) bond motifs is 1. The summed E-state index contributed by atoms with van der Waals surface area (Å²) in [5.41, 5.74) is 1.13. The van der Waals surface area contributed by atoms with Gasteiger partial charge in [0.2, 0.25) is 0 Å². The lowest BCUT2D eigenvalue weighted by Crippen LogP contribution is -2.34. The molecule has 0 saturated carbocycles. The largest absolute Gasteiger partial charge is 0.395 e. The van der Waals surface area contributed by atoms with E-state index in [2.05, 4.69) is 4.99 Å². The minimum Gasteiger partial charge on any atom is -0.395 e. The van der Waals surface area contributed by atoms with Crippen LogP contribution in [-0.4, -0.2) is 17.6 Å². The lowest BCUT2D eigenvalue weighted by atomic mass is 10.0. The second-order valence-corrected chi connectivity index (χ2v) is 3.47. The number of rotatable bonds is 1. The molecule has 2 rings (SSSR count). The van der Waals surface area contributed by atoms with E-state index >= 15 is 0 Å². The fourth-order valence-corrected chi connectivity index (χ4v) is 1.53. The highest BCUT2D eigenvalue weighted by Gasteiger charge is 2.16. The molecule has 1 unspecified atom stereocenters. The Morgan fingerprint density at radius 1 is 1.50 bits per heavy atom. The van der Waals surface area contributed by atoms with Gasteiger partial charge in [-0.3, -0.25) is 4.79 Å². The van der Waals surface area contributed by atoms with Crippen molar-refractivity contribution in [2.75, 3.05) is 6.61 Å². The molecule has 0 saturated heterocycles. The molecular formula is C11H11NO2. The monoisotopic (exact) mass is 189 g/mol. The summed E-state index contributed by atoms with van der Waals surface area (Å²) in [6.07, 6.45) is 1.78. The third kappa shape index (κ3) is 1.46. The highest BCUT2D eigenvalue weighted by molar-refractivity contribution is 5.86. The molecule has 0 spiro atoms. The number of aryl methyl sites for hydroxylation is 1. The summed E-state index contributed by atoms with van der Waals surface area (Å²) < 4.78 is 0. The standard InChI is InChI=1S/C11H11NO2/c1-7-2-3-10-8(4-7)5-9(6-13)11(14)12-10/h2-5,9,13H,6H2,1H3. The molecule has 1 N–H and O–H groups in total. The van der Waals surface area contributed by atoms with Gasteiger partial charge in [-0.25, -0.2) is 4.99 Å². The first-order valence-corrected chi connectivity index (χ1v) is 4.52. The molecule has 3 nitrogen and oxygen atoms in total. The van der Waals surface area contributed by atoms with Gasteiger partial charge in [0.05, 0.1) is 17.9 Å². The smallest absolute Gasteiger partial charge is 0.255 e. The number of hydrogen-bond donors (Lipinski definition) is 1. The molecular weight excluding hydrogens is 178 g/mol. The summed E-state index contributed by atoms with van der Waals surface area (Å²) in [5, 5.41) is 10.6. The van der Waals surface area contributed by atoms with E-state index in [9.17, 15) is 4.79 Å². The van der Waals surface area contributed by atoms with Gasteiger partial charge in [-0.05, 0) is 18.2 Å². The van der Waals surface area contributed by atoms with Crippen LogP contribution in [0.3, 0.4) is 0 Å². The summed E-state index contributed by atoms with van der Waals surface area (Å²) >= 11 is 0. The Balaban J connectivity index is 2.67. The van der Waals surface area contributed by atoms with E-state index < -0.39 is 5.92 Å². The number of amides is 1. The molecule has 14 heavy (non-hydrogen) atoms. The molecule has 0 fully saturated rings. The van der Waals surface area contributed by atoms with Crippen LogP contribution in [0.25, 0.3) is 6.08 Å². The van der Waals surface area contributed by atoms with Crippen molar-refractivity contribution >= 4 is 12.0 Å². The molecule has 1 heterocycles. The van der Waals surface area contributed by atoms with Gasteiger partial charge >= 0.3 is 0 Å². The summed E-state index contributed by atoms with van der Waals surface area (Å²) in [5.74, 6) is -0.729. The van der Waals surface area contributed by atoms with Gasteiger partial charge in [0.1, 0.15) is 0 Å². The average Bonchev–Trinajstić information content (AvgIpc) is 2.17. The number of hydrogen-bond acceptors (Lipinski definition) is 2. The molecule has 1 aromatic rings. The Kier molecular flexibility index (Phi) is 2.17. The van der Waals surface area contributed by atoms with Gasteiger partial charge in [0.25, 0.3) is 5.91 Å². The molecule has 1 aromatic carbocycles. The van der Waals surface area contributed by atoms with Crippen molar-refractivity contribution in [1.82, 2.24) is 0 Å². The van der Waals surface area contributed by atoms with Gasteiger partial charge in [0.15, 0.2) is 0 Å². The Bertz CT molecular complexity index is 490. The Labute approximate surface area is 81.4 Å². The Hall–Kier alpha value is -1.48. The van der Waals surface area contributed by atoms with Crippen LogP contribution < -0.4 is 10.6 Å². The van der Waals surface area contributed by atoms with Crippen molar-refractivity contribution in [3.05, 3.63) is 34.3 Å². The van der Waals surface area contributed by atoms with Crippen molar-refractivity contribution in [2.24, 2.45) is 10.9 Å². The molecule has 3 heteroatoms. The van der Waals surface area contributed by atoms with Crippen molar-refractivity contribution in [3.63, 3.8) is 0 Å². The lowest BCUT2D eigenvalue weighted by molar-refractivity contribution is -0.121. The predicted molar refractivity (Wildman–Crippen MR) is 52.0 cm³/mol. The third-order valence-electron chi connectivity index (χ3n) is 2.31. The number of nitrogens with zero attached hydrogens (tertiary/aromatic N) is 1. The van der Waals surface area contributed by atoms with Crippen LogP contribution in [0.4, 0.5) is 0 Å². The quantitative estimate of drug-likeness (QED) is 0.650. The van der Waals surface area contributed by atoms with Gasteiger partial charge < -0.3 is 5.11 Å². The molecule has 0 aromatic heterocycles. The fraction of sp³-hybridized carbons (Fsp3) is 0.273. The molecule has 0 aliphatic carbocycles. The Morgan fingerprint density at radius 3 is 3.00 bits per heavy atom. The van der Waals surface area contributed by atoms with Gasteiger partial charge in [-0.15, -0.1) is 0 Å². The molecule has 0 radical (unpaired) electrons. The minimum absolute atomic E-state index is 0.171. The summed E-state index contributed by atoms with van der Waals surface area (Å²) in [6, 6.07) is 5.71. The van der Waals surface area contributed by atoms with Crippen LogP contribution in [0.5, 0.6) is 0 Å². The maximum Gasteiger partial charge on any atom is 0.255 e. The van der Waals surface area contributed by atoms with E-state index in [0.29, 0.717) is 5.36 Å². The van der Waals surface area contributed by atoms with Crippen molar-refractivity contribution < 1.29 is 9.90 Å². The van der Waals surface area contributed by atoms with Crippen molar-refractivity contribution in [3.8, 4) is 0 Å².